The monoisotopic (exact) mass is 320 g/mol. The quantitative estimate of drug-likeness (QED) is 0.273. The molecule has 0 aliphatic rings. The van der Waals surface area contributed by atoms with Gasteiger partial charge in [-0.25, -0.2) is 0 Å². The average molecular weight is 321 g/mol. The first-order valence-corrected chi connectivity index (χ1v) is 7.81. The fourth-order valence-electron chi connectivity index (χ4n) is 2.19. The van der Waals surface area contributed by atoms with Crippen LogP contribution in [-0.2, 0) is 4.79 Å². The topological polar surface area (TPSA) is 52.6 Å². The zero-order valence-corrected chi connectivity index (χ0v) is 14.8. The van der Waals surface area contributed by atoms with Crippen molar-refractivity contribution in [2.24, 2.45) is 0 Å². The molecule has 6 heteroatoms. The van der Waals surface area contributed by atoms with Gasteiger partial charge in [-0.3, -0.25) is 4.79 Å². The van der Waals surface area contributed by atoms with Crippen molar-refractivity contribution >= 4 is 17.5 Å². The molecule has 0 aromatic carbocycles. The minimum atomic E-state index is -0.584. The van der Waals surface area contributed by atoms with Crippen LogP contribution in [0.2, 0.25) is 0 Å². The van der Waals surface area contributed by atoms with Crippen molar-refractivity contribution in [2.75, 3.05) is 47.2 Å². The first-order valence-electron chi connectivity index (χ1n) is 7.28. The third-order valence-corrected chi connectivity index (χ3v) is 3.83. The van der Waals surface area contributed by atoms with Gasteiger partial charge in [-0.05, 0) is 34.0 Å². The maximum absolute atomic E-state index is 11.9. The lowest BCUT2D eigenvalue weighted by Gasteiger charge is -2.39. The highest BCUT2D eigenvalue weighted by atomic mass is 35.5. The van der Waals surface area contributed by atoms with Gasteiger partial charge in [-0.2, -0.15) is 0 Å². The first kappa shape index (κ1) is 20.4. The molecule has 0 aromatic heterocycles. The second-order valence-corrected chi connectivity index (χ2v) is 6.79. The summed E-state index contributed by atoms with van der Waals surface area (Å²) in [5.41, 5.74) is 0.491. The lowest BCUT2D eigenvalue weighted by molar-refractivity contribution is -0.920. The van der Waals surface area contributed by atoms with E-state index in [0.717, 1.165) is 19.4 Å². The molecule has 2 unspecified atom stereocenters. The number of likely N-dealkylation sites (N-methyl/N-ethyl adjacent to an activating group) is 1. The minimum Gasteiger partial charge on any atom is -0.386 e. The highest BCUT2D eigenvalue weighted by molar-refractivity contribution is 6.18. The van der Waals surface area contributed by atoms with Crippen LogP contribution in [0, 0.1) is 0 Å². The average Bonchev–Trinajstić information content (AvgIpc) is 2.35. The Morgan fingerprint density at radius 3 is 2.43 bits per heavy atom. The molecule has 0 saturated heterocycles. The third-order valence-electron chi connectivity index (χ3n) is 3.47. The van der Waals surface area contributed by atoms with E-state index in [2.05, 4.69) is 16.8 Å². The number of nitrogens with zero attached hydrogens (tertiary/aromatic N) is 2. The number of aliphatic hydroxyl groups is 1. The Labute approximate surface area is 134 Å². The summed E-state index contributed by atoms with van der Waals surface area (Å²) in [5, 5.41) is 12.8. The maximum Gasteiger partial charge on any atom is 0.250 e. The number of carbonyl (C=O) groups excluding carboxylic acids is 1. The van der Waals surface area contributed by atoms with Crippen molar-refractivity contribution in [3.05, 3.63) is 12.2 Å². The lowest BCUT2D eigenvalue weighted by Crippen LogP contribution is -2.60. The van der Waals surface area contributed by atoms with Crippen LogP contribution >= 0.6 is 11.6 Å². The predicted molar refractivity (Wildman–Crippen MR) is 88.2 cm³/mol. The van der Waals surface area contributed by atoms with E-state index in [1.807, 2.05) is 28.2 Å². The van der Waals surface area contributed by atoms with Gasteiger partial charge in [0.15, 0.2) is 6.17 Å². The summed E-state index contributed by atoms with van der Waals surface area (Å²) in [6.07, 6.45) is 1.14. The minimum absolute atomic E-state index is 0.0768. The van der Waals surface area contributed by atoms with Crippen LogP contribution < -0.4 is 5.32 Å². The second-order valence-electron chi connectivity index (χ2n) is 6.48. The number of halogens is 1. The van der Waals surface area contributed by atoms with Gasteiger partial charge in [0.25, 0.3) is 5.91 Å². The molecule has 0 saturated carbocycles. The van der Waals surface area contributed by atoms with Crippen LogP contribution in [0.3, 0.4) is 0 Å². The first-order chi connectivity index (χ1) is 9.60. The maximum atomic E-state index is 11.9. The number of quaternary nitrogens is 1. The van der Waals surface area contributed by atoms with E-state index in [1.165, 1.54) is 0 Å². The molecule has 0 aliphatic heterocycles. The van der Waals surface area contributed by atoms with Crippen molar-refractivity contribution in [1.29, 1.82) is 0 Å². The fourth-order valence-corrected chi connectivity index (χ4v) is 2.29. The molecule has 0 fully saturated rings. The molecule has 0 rings (SSSR count). The summed E-state index contributed by atoms with van der Waals surface area (Å²) in [5.74, 6) is 0.0528. The Morgan fingerprint density at radius 2 is 2.00 bits per heavy atom. The molecule has 0 aliphatic carbocycles. The largest absolute Gasteiger partial charge is 0.386 e. The van der Waals surface area contributed by atoms with Crippen LogP contribution in [0.25, 0.3) is 0 Å². The van der Waals surface area contributed by atoms with E-state index in [0.29, 0.717) is 16.6 Å². The van der Waals surface area contributed by atoms with Crippen molar-refractivity contribution in [2.45, 2.75) is 32.0 Å². The van der Waals surface area contributed by atoms with E-state index < -0.39 is 6.10 Å². The normalized spacial score (nSPS) is 14.9. The Morgan fingerprint density at radius 1 is 1.43 bits per heavy atom. The van der Waals surface area contributed by atoms with E-state index in [9.17, 15) is 9.90 Å². The number of nitrogens with one attached hydrogen (secondary N) is 1. The summed E-state index contributed by atoms with van der Waals surface area (Å²) >= 11 is 5.70. The molecule has 0 bridgehead atoms. The number of carbonyl (C=O) groups is 1. The highest BCUT2D eigenvalue weighted by Crippen LogP contribution is 2.13. The third kappa shape index (κ3) is 8.41. The summed E-state index contributed by atoms with van der Waals surface area (Å²) in [6, 6.07) is 0. The summed E-state index contributed by atoms with van der Waals surface area (Å²) in [6.45, 7) is 6.82. The van der Waals surface area contributed by atoms with Gasteiger partial charge in [-0.15, -0.1) is 11.6 Å². The van der Waals surface area contributed by atoms with Crippen molar-refractivity contribution < 1.29 is 14.4 Å². The molecular weight excluding hydrogens is 290 g/mol. The van der Waals surface area contributed by atoms with Gasteiger partial charge in [0.2, 0.25) is 0 Å². The number of alkyl halides is 1. The number of aliphatic hydroxyl groups excluding tert-OH is 1. The molecule has 0 spiro atoms. The molecule has 0 heterocycles. The summed E-state index contributed by atoms with van der Waals surface area (Å²) in [4.78, 5) is 14.0. The zero-order chi connectivity index (χ0) is 16.6. The predicted octanol–water partition coefficient (Wildman–Crippen LogP) is 1.02. The summed E-state index contributed by atoms with van der Waals surface area (Å²) in [7, 11) is 8.04. The molecule has 0 aromatic rings. The van der Waals surface area contributed by atoms with E-state index >= 15 is 0 Å². The smallest absolute Gasteiger partial charge is 0.250 e. The van der Waals surface area contributed by atoms with Gasteiger partial charge in [0.1, 0.15) is 12.6 Å². The lowest BCUT2D eigenvalue weighted by atomic mass is 10.1. The number of rotatable bonds is 10. The number of hydrogen-bond donors (Lipinski definition) is 2. The molecule has 5 nitrogen and oxygen atoms in total. The van der Waals surface area contributed by atoms with Crippen molar-refractivity contribution in [3.63, 3.8) is 0 Å². The molecule has 2 atom stereocenters. The number of amides is 1. The summed E-state index contributed by atoms with van der Waals surface area (Å²) < 4.78 is 0.486. The van der Waals surface area contributed by atoms with Crippen LogP contribution in [0.15, 0.2) is 12.2 Å². The van der Waals surface area contributed by atoms with Crippen molar-refractivity contribution in [3.8, 4) is 0 Å². The van der Waals surface area contributed by atoms with E-state index in [-0.39, 0.29) is 18.0 Å². The van der Waals surface area contributed by atoms with Gasteiger partial charge < -0.3 is 19.8 Å². The molecular formula is C15H31ClN3O2+. The highest BCUT2D eigenvalue weighted by Gasteiger charge is 2.31. The van der Waals surface area contributed by atoms with Crippen molar-refractivity contribution in [1.82, 2.24) is 10.2 Å². The van der Waals surface area contributed by atoms with E-state index in [4.69, 9.17) is 11.6 Å². The fraction of sp³-hybridized carbons (Fsp3) is 0.800. The SMILES string of the molecule is C=C(C)C(=O)NC(CCCN(C)C)[N+](C)(C)CC(O)CCl. The van der Waals surface area contributed by atoms with Crippen LogP contribution in [0.5, 0.6) is 0 Å². The molecule has 2 N–H and O–H groups in total. The molecule has 0 radical (unpaired) electrons. The standard InChI is InChI=1S/C15H30ClN3O2/c1-12(2)15(21)17-14(8-7-9-18(3)4)19(5,6)11-13(20)10-16/h13-14,20H,1,7-11H2,2-6H3/p+1. The Balaban J connectivity index is 4.82. The molecule has 21 heavy (non-hydrogen) atoms. The number of hydrogen-bond acceptors (Lipinski definition) is 3. The van der Waals surface area contributed by atoms with Gasteiger partial charge in [0.05, 0.1) is 20.0 Å². The zero-order valence-electron chi connectivity index (χ0n) is 14.0. The Hall–Kier alpha value is -0.620. The molecule has 1 amide bonds. The van der Waals surface area contributed by atoms with Gasteiger partial charge in [0, 0.05) is 12.0 Å². The Kier molecular flexibility index (Phi) is 9.13. The van der Waals surface area contributed by atoms with Crippen LogP contribution in [0.1, 0.15) is 19.8 Å². The van der Waals surface area contributed by atoms with E-state index in [1.54, 1.807) is 6.92 Å². The Bertz CT molecular complexity index is 346. The van der Waals surface area contributed by atoms with Crippen LogP contribution in [0.4, 0.5) is 0 Å². The van der Waals surface area contributed by atoms with Crippen LogP contribution in [-0.4, -0.2) is 79.8 Å². The van der Waals surface area contributed by atoms with Gasteiger partial charge >= 0.3 is 0 Å². The van der Waals surface area contributed by atoms with Gasteiger partial charge in [-0.1, -0.05) is 6.58 Å². The second kappa shape index (κ2) is 9.41. The molecule has 124 valence electrons.